The van der Waals surface area contributed by atoms with E-state index in [2.05, 4.69) is 0 Å². The van der Waals surface area contributed by atoms with E-state index in [1.54, 1.807) is 0 Å². The van der Waals surface area contributed by atoms with Gasteiger partial charge in [-0.25, -0.2) is 4.79 Å². The highest BCUT2D eigenvalue weighted by molar-refractivity contribution is 7.99. The van der Waals surface area contributed by atoms with Gasteiger partial charge in [-0.3, -0.25) is 4.79 Å². The van der Waals surface area contributed by atoms with Crippen LogP contribution in [0.4, 0.5) is 0 Å². The Balaban J connectivity index is 2.67. The summed E-state index contributed by atoms with van der Waals surface area (Å²) in [5.74, 6) is -0.171. The molecule has 1 amide bonds. The molecule has 1 aliphatic rings. The molecule has 0 aliphatic carbocycles. The minimum Gasteiger partial charge on any atom is -0.480 e. The third-order valence-electron chi connectivity index (χ3n) is 2.36. The Bertz CT molecular complexity index is 274. The highest BCUT2D eigenvalue weighted by Crippen LogP contribution is 2.17. The van der Waals surface area contributed by atoms with E-state index in [1.165, 1.54) is 23.8 Å². The number of carbonyl (C=O) groups excluding carboxylic acids is 1. The van der Waals surface area contributed by atoms with Gasteiger partial charge in [0.2, 0.25) is 5.91 Å². The van der Waals surface area contributed by atoms with Crippen molar-refractivity contribution in [3.8, 4) is 0 Å². The number of nitrogens with zero attached hydrogens (tertiary/aromatic N) is 1. The maximum absolute atomic E-state index is 11.9. The fourth-order valence-corrected chi connectivity index (χ4v) is 2.57. The van der Waals surface area contributed by atoms with Crippen molar-refractivity contribution in [2.24, 2.45) is 5.73 Å². The number of carbonyl (C=O) groups is 2. The molecule has 16 heavy (non-hydrogen) atoms. The highest BCUT2D eigenvalue weighted by Gasteiger charge is 2.34. The van der Waals surface area contributed by atoms with Gasteiger partial charge in [0.15, 0.2) is 0 Å². The van der Waals surface area contributed by atoms with Crippen LogP contribution in [-0.4, -0.2) is 65.7 Å². The molecule has 1 aliphatic heterocycles. The second kappa shape index (κ2) is 6.07. The lowest BCUT2D eigenvalue weighted by atomic mass is 10.2. The van der Waals surface area contributed by atoms with Gasteiger partial charge in [0.25, 0.3) is 0 Å². The first kappa shape index (κ1) is 13.3. The van der Waals surface area contributed by atoms with Gasteiger partial charge in [0.1, 0.15) is 12.1 Å². The fraction of sp³-hybridized carbons (Fsp3) is 0.778. The topological polar surface area (TPSA) is 92.9 Å². The maximum Gasteiger partial charge on any atom is 0.327 e. The largest absolute Gasteiger partial charge is 0.480 e. The molecule has 3 N–H and O–H groups in total. The predicted octanol–water partition coefficient (Wildman–Crippen LogP) is -1.01. The lowest BCUT2D eigenvalue weighted by molar-refractivity contribution is -0.150. The molecule has 0 aromatic rings. The first-order chi connectivity index (χ1) is 7.57. The van der Waals surface area contributed by atoms with Gasteiger partial charge in [-0.15, -0.1) is 0 Å². The third kappa shape index (κ3) is 3.10. The van der Waals surface area contributed by atoms with E-state index in [-0.39, 0.29) is 12.5 Å². The lowest BCUT2D eigenvalue weighted by Crippen LogP contribution is -2.56. The Labute approximate surface area is 98.1 Å². The first-order valence-corrected chi connectivity index (χ1v) is 6.09. The normalized spacial score (nSPS) is 22.9. The van der Waals surface area contributed by atoms with E-state index in [9.17, 15) is 9.59 Å². The summed E-state index contributed by atoms with van der Waals surface area (Å²) in [6.07, 6.45) is 0. The van der Waals surface area contributed by atoms with Crippen molar-refractivity contribution in [1.82, 2.24) is 4.90 Å². The van der Waals surface area contributed by atoms with Crippen LogP contribution in [-0.2, 0) is 14.3 Å². The number of hydrogen-bond donors (Lipinski definition) is 2. The van der Waals surface area contributed by atoms with Crippen LogP contribution >= 0.6 is 11.8 Å². The molecule has 6 nitrogen and oxygen atoms in total. The van der Waals surface area contributed by atoms with E-state index >= 15 is 0 Å². The summed E-state index contributed by atoms with van der Waals surface area (Å²) in [5, 5.41) is 8.99. The molecule has 1 rings (SSSR count). The lowest BCUT2D eigenvalue weighted by Gasteiger charge is -2.34. The van der Waals surface area contributed by atoms with Crippen LogP contribution in [0.5, 0.6) is 0 Å². The smallest absolute Gasteiger partial charge is 0.327 e. The van der Waals surface area contributed by atoms with Gasteiger partial charge < -0.3 is 20.5 Å². The number of ether oxygens (including phenoxy) is 1. The molecule has 1 saturated heterocycles. The number of nitrogens with two attached hydrogens (primary N) is 1. The summed E-state index contributed by atoms with van der Waals surface area (Å²) in [5.41, 5.74) is 5.61. The van der Waals surface area contributed by atoms with Gasteiger partial charge in [-0.1, -0.05) is 0 Å². The van der Waals surface area contributed by atoms with Crippen molar-refractivity contribution in [3.63, 3.8) is 0 Å². The van der Waals surface area contributed by atoms with Crippen LogP contribution in [0, 0.1) is 0 Å². The summed E-state index contributed by atoms with van der Waals surface area (Å²) in [6.45, 7) is 0.534. The van der Waals surface area contributed by atoms with Crippen LogP contribution in [0.15, 0.2) is 0 Å². The monoisotopic (exact) mass is 248 g/mol. The van der Waals surface area contributed by atoms with Crippen molar-refractivity contribution >= 4 is 23.6 Å². The number of thioether (sulfide) groups is 1. The van der Waals surface area contributed by atoms with E-state index in [0.717, 1.165) is 5.75 Å². The second-order valence-electron chi connectivity index (χ2n) is 3.52. The van der Waals surface area contributed by atoms with E-state index in [0.29, 0.717) is 12.3 Å². The Morgan fingerprint density at radius 2 is 2.38 bits per heavy atom. The number of carboxylic acids is 1. The number of methoxy groups -OCH3 is 1. The van der Waals surface area contributed by atoms with Crippen LogP contribution in [0.2, 0.25) is 0 Å². The maximum atomic E-state index is 11.9. The Morgan fingerprint density at radius 1 is 1.69 bits per heavy atom. The molecule has 0 saturated carbocycles. The second-order valence-corrected chi connectivity index (χ2v) is 4.67. The molecular formula is C9H16N2O4S. The standard InChI is InChI=1S/C9H16N2O4S/c1-15-4-6(10)8(12)11-2-3-16-5-7(11)9(13)14/h6-7H,2-5,10H2,1H3,(H,13,14). The molecule has 1 heterocycles. The average Bonchev–Trinajstić information content (AvgIpc) is 2.28. The Hall–Kier alpha value is -0.790. The highest BCUT2D eigenvalue weighted by atomic mass is 32.2. The van der Waals surface area contributed by atoms with Crippen molar-refractivity contribution < 1.29 is 19.4 Å². The number of hydrogen-bond acceptors (Lipinski definition) is 5. The molecule has 2 unspecified atom stereocenters. The molecule has 0 radical (unpaired) electrons. The SMILES string of the molecule is COCC(N)C(=O)N1CCSCC1C(=O)O. The minimum atomic E-state index is -0.981. The van der Waals surface area contributed by atoms with Crippen molar-refractivity contribution in [1.29, 1.82) is 0 Å². The predicted molar refractivity (Wildman–Crippen MR) is 60.3 cm³/mol. The number of amides is 1. The van der Waals surface area contributed by atoms with Crippen LogP contribution in [0.25, 0.3) is 0 Å². The summed E-state index contributed by atoms with van der Waals surface area (Å²) in [4.78, 5) is 24.2. The summed E-state index contributed by atoms with van der Waals surface area (Å²) in [6, 6.07) is -1.55. The van der Waals surface area contributed by atoms with Crippen LogP contribution in [0.1, 0.15) is 0 Å². The van der Waals surface area contributed by atoms with Crippen molar-refractivity contribution in [2.75, 3.05) is 31.8 Å². The van der Waals surface area contributed by atoms with Crippen molar-refractivity contribution in [3.05, 3.63) is 0 Å². The average molecular weight is 248 g/mol. The number of carboxylic acid groups (broad SMARTS) is 1. The van der Waals surface area contributed by atoms with Gasteiger partial charge in [-0.2, -0.15) is 11.8 Å². The molecule has 0 spiro atoms. The fourth-order valence-electron chi connectivity index (χ4n) is 1.54. The minimum absolute atomic E-state index is 0.106. The first-order valence-electron chi connectivity index (χ1n) is 4.93. The van der Waals surface area contributed by atoms with E-state index < -0.39 is 18.1 Å². The van der Waals surface area contributed by atoms with Gasteiger partial charge in [0.05, 0.1) is 6.61 Å². The van der Waals surface area contributed by atoms with Gasteiger partial charge >= 0.3 is 5.97 Å². The molecule has 1 fully saturated rings. The summed E-state index contributed by atoms with van der Waals surface area (Å²) in [7, 11) is 1.45. The quantitative estimate of drug-likeness (QED) is 0.662. The summed E-state index contributed by atoms with van der Waals surface area (Å²) < 4.78 is 4.79. The number of rotatable bonds is 4. The molecule has 7 heteroatoms. The zero-order chi connectivity index (χ0) is 12.1. The molecule has 92 valence electrons. The molecule has 0 bridgehead atoms. The Morgan fingerprint density at radius 3 is 2.94 bits per heavy atom. The third-order valence-corrected chi connectivity index (χ3v) is 3.38. The molecule has 0 aromatic carbocycles. The zero-order valence-electron chi connectivity index (χ0n) is 9.09. The van der Waals surface area contributed by atoms with Crippen molar-refractivity contribution in [2.45, 2.75) is 12.1 Å². The molecule has 0 aromatic heterocycles. The van der Waals surface area contributed by atoms with Gasteiger partial charge in [0, 0.05) is 25.2 Å². The summed E-state index contributed by atoms with van der Waals surface area (Å²) >= 11 is 1.53. The van der Waals surface area contributed by atoms with E-state index in [4.69, 9.17) is 15.6 Å². The number of aliphatic carboxylic acids is 1. The van der Waals surface area contributed by atoms with Crippen LogP contribution in [0.3, 0.4) is 0 Å². The van der Waals surface area contributed by atoms with Gasteiger partial charge in [-0.05, 0) is 0 Å². The Kier molecular flexibility index (Phi) is 5.04. The molecule has 2 atom stereocenters. The van der Waals surface area contributed by atoms with E-state index in [1.807, 2.05) is 0 Å². The zero-order valence-corrected chi connectivity index (χ0v) is 9.90. The van der Waals surface area contributed by atoms with Crippen LogP contribution < -0.4 is 5.73 Å². The molecular weight excluding hydrogens is 232 g/mol.